The highest BCUT2D eigenvalue weighted by molar-refractivity contribution is 5.82. The molecule has 1 heterocycles. The number of hydrogen-bond acceptors (Lipinski definition) is 4. The largest absolute Gasteiger partial charge is 0.409 e. The first-order valence-electron chi connectivity index (χ1n) is 6.61. The van der Waals surface area contributed by atoms with Crippen molar-refractivity contribution in [3.8, 4) is 0 Å². The number of amidine groups is 1. The summed E-state index contributed by atoms with van der Waals surface area (Å²) in [6, 6.07) is 0. The highest BCUT2D eigenvalue weighted by Crippen LogP contribution is 2.09. The third-order valence-electron chi connectivity index (χ3n) is 3.30. The van der Waals surface area contributed by atoms with Crippen LogP contribution < -0.4 is 11.1 Å². The SMILES string of the molecule is CC(CNCCC(=O)N1CCCCC1)C(N)=NO. The van der Waals surface area contributed by atoms with Gasteiger partial charge in [0, 0.05) is 38.5 Å². The van der Waals surface area contributed by atoms with Crippen LogP contribution in [-0.4, -0.2) is 48.0 Å². The van der Waals surface area contributed by atoms with Crippen molar-refractivity contribution in [3.63, 3.8) is 0 Å². The minimum atomic E-state index is -0.0277. The fourth-order valence-electron chi connectivity index (χ4n) is 2.02. The number of rotatable bonds is 6. The summed E-state index contributed by atoms with van der Waals surface area (Å²) in [6.45, 7) is 4.93. The summed E-state index contributed by atoms with van der Waals surface area (Å²) in [5.74, 6) is 0.406. The van der Waals surface area contributed by atoms with Gasteiger partial charge in [-0.2, -0.15) is 0 Å². The van der Waals surface area contributed by atoms with Crippen LogP contribution in [0, 0.1) is 5.92 Å². The summed E-state index contributed by atoms with van der Waals surface area (Å²) in [4.78, 5) is 13.8. The van der Waals surface area contributed by atoms with Crippen LogP contribution in [0.15, 0.2) is 5.16 Å². The zero-order valence-corrected chi connectivity index (χ0v) is 11.1. The van der Waals surface area contributed by atoms with E-state index in [4.69, 9.17) is 10.9 Å². The van der Waals surface area contributed by atoms with Crippen LogP contribution >= 0.6 is 0 Å². The van der Waals surface area contributed by atoms with Crippen molar-refractivity contribution in [1.82, 2.24) is 10.2 Å². The van der Waals surface area contributed by atoms with Crippen LogP contribution in [0.2, 0.25) is 0 Å². The van der Waals surface area contributed by atoms with E-state index in [1.807, 2.05) is 11.8 Å². The number of likely N-dealkylation sites (tertiary alicyclic amines) is 1. The Hall–Kier alpha value is -1.30. The fraction of sp³-hybridized carbons (Fsp3) is 0.833. The van der Waals surface area contributed by atoms with E-state index in [9.17, 15) is 4.79 Å². The molecule has 104 valence electrons. The van der Waals surface area contributed by atoms with Gasteiger partial charge in [0.25, 0.3) is 0 Å². The fourth-order valence-corrected chi connectivity index (χ4v) is 2.02. The summed E-state index contributed by atoms with van der Waals surface area (Å²) < 4.78 is 0. The number of nitrogens with two attached hydrogens (primary N) is 1. The van der Waals surface area contributed by atoms with Gasteiger partial charge in [0.2, 0.25) is 5.91 Å². The van der Waals surface area contributed by atoms with Crippen molar-refractivity contribution in [2.75, 3.05) is 26.2 Å². The molecule has 0 radical (unpaired) electrons. The van der Waals surface area contributed by atoms with E-state index < -0.39 is 0 Å². The molecule has 6 nitrogen and oxygen atoms in total. The van der Waals surface area contributed by atoms with Crippen LogP contribution in [-0.2, 0) is 4.79 Å². The van der Waals surface area contributed by atoms with Gasteiger partial charge in [0.05, 0.1) is 0 Å². The minimum Gasteiger partial charge on any atom is -0.409 e. The number of piperidine rings is 1. The number of hydrogen-bond donors (Lipinski definition) is 3. The van der Waals surface area contributed by atoms with E-state index in [0.29, 0.717) is 19.5 Å². The summed E-state index contributed by atoms with van der Waals surface area (Å²) in [7, 11) is 0. The highest BCUT2D eigenvalue weighted by atomic mass is 16.4. The maximum atomic E-state index is 11.8. The van der Waals surface area contributed by atoms with Crippen molar-refractivity contribution in [2.24, 2.45) is 16.8 Å². The second kappa shape index (κ2) is 7.92. The molecule has 1 saturated heterocycles. The Morgan fingerprint density at radius 1 is 1.44 bits per heavy atom. The van der Waals surface area contributed by atoms with Crippen molar-refractivity contribution in [1.29, 1.82) is 0 Å². The van der Waals surface area contributed by atoms with E-state index in [0.717, 1.165) is 25.9 Å². The monoisotopic (exact) mass is 256 g/mol. The van der Waals surface area contributed by atoms with Gasteiger partial charge >= 0.3 is 0 Å². The Balaban J connectivity index is 2.12. The van der Waals surface area contributed by atoms with Crippen LogP contribution in [0.4, 0.5) is 0 Å². The molecule has 1 unspecified atom stereocenters. The van der Waals surface area contributed by atoms with Gasteiger partial charge in [-0.05, 0) is 19.3 Å². The average molecular weight is 256 g/mol. The Bertz CT molecular complexity index is 288. The lowest BCUT2D eigenvalue weighted by atomic mass is 10.1. The molecule has 1 amide bonds. The zero-order valence-electron chi connectivity index (χ0n) is 11.1. The van der Waals surface area contributed by atoms with E-state index in [2.05, 4.69) is 10.5 Å². The van der Waals surface area contributed by atoms with Crippen molar-refractivity contribution < 1.29 is 10.0 Å². The molecule has 1 aliphatic heterocycles. The van der Waals surface area contributed by atoms with E-state index in [-0.39, 0.29) is 17.7 Å². The number of amides is 1. The van der Waals surface area contributed by atoms with Gasteiger partial charge in [-0.3, -0.25) is 4.79 Å². The predicted molar refractivity (Wildman–Crippen MR) is 70.5 cm³/mol. The standard InChI is InChI=1S/C12H24N4O2/c1-10(12(13)15-18)9-14-6-5-11(17)16-7-3-2-4-8-16/h10,14,18H,2-9H2,1H3,(H2,13,15). The van der Waals surface area contributed by atoms with Crippen molar-refractivity contribution in [3.05, 3.63) is 0 Å². The molecule has 0 bridgehead atoms. The van der Waals surface area contributed by atoms with Gasteiger partial charge in [-0.25, -0.2) is 0 Å². The second-order valence-electron chi connectivity index (χ2n) is 4.82. The Morgan fingerprint density at radius 2 is 2.11 bits per heavy atom. The molecule has 6 heteroatoms. The van der Waals surface area contributed by atoms with E-state index >= 15 is 0 Å². The third kappa shape index (κ3) is 4.91. The molecule has 0 saturated carbocycles. The molecule has 0 aromatic heterocycles. The maximum Gasteiger partial charge on any atom is 0.223 e. The molecule has 4 N–H and O–H groups in total. The van der Waals surface area contributed by atoms with Gasteiger partial charge in [-0.1, -0.05) is 12.1 Å². The van der Waals surface area contributed by atoms with E-state index in [1.54, 1.807) is 0 Å². The number of nitrogens with one attached hydrogen (secondary N) is 1. The van der Waals surface area contributed by atoms with Gasteiger partial charge in [-0.15, -0.1) is 0 Å². The third-order valence-corrected chi connectivity index (χ3v) is 3.30. The molecule has 1 rings (SSSR count). The Morgan fingerprint density at radius 3 is 2.72 bits per heavy atom. The second-order valence-corrected chi connectivity index (χ2v) is 4.82. The Labute approximate surface area is 108 Å². The summed E-state index contributed by atoms with van der Waals surface area (Å²) in [5, 5.41) is 14.6. The molecule has 0 aliphatic carbocycles. The van der Waals surface area contributed by atoms with Crippen molar-refractivity contribution >= 4 is 11.7 Å². The number of nitrogens with zero attached hydrogens (tertiary/aromatic N) is 2. The van der Waals surface area contributed by atoms with Crippen LogP contribution in [0.5, 0.6) is 0 Å². The first-order chi connectivity index (χ1) is 8.65. The van der Waals surface area contributed by atoms with Crippen LogP contribution in [0.25, 0.3) is 0 Å². The summed E-state index contributed by atoms with van der Waals surface area (Å²) in [6.07, 6.45) is 4.00. The molecule has 0 aromatic rings. The lowest BCUT2D eigenvalue weighted by Crippen LogP contribution is -2.38. The molecular formula is C12H24N4O2. The first-order valence-corrected chi connectivity index (χ1v) is 6.61. The lowest BCUT2D eigenvalue weighted by Gasteiger charge is -2.26. The summed E-state index contributed by atoms with van der Waals surface area (Å²) >= 11 is 0. The molecule has 1 aliphatic rings. The lowest BCUT2D eigenvalue weighted by molar-refractivity contribution is -0.131. The van der Waals surface area contributed by atoms with Crippen molar-refractivity contribution in [2.45, 2.75) is 32.6 Å². The summed E-state index contributed by atoms with van der Waals surface area (Å²) in [5.41, 5.74) is 5.46. The quantitative estimate of drug-likeness (QED) is 0.210. The number of carbonyl (C=O) groups is 1. The first kappa shape index (κ1) is 14.8. The van der Waals surface area contributed by atoms with Crippen LogP contribution in [0.3, 0.4) is 0 Å². The predicted octanol–water partition coefficient (Wildman–Crippen LogP) is 0.361. The Kier molecular flexibility index (Phi) is 6.49. The van der Waals surface area contributed by atoms with Crippen LogP contribution in [0.1, 0.15) is 32.6 Å². The molecule has 1 fully saturated rings. The molecule has 18 heavy (non-hydrogen) atoms. The van der Waals surface area contributed by atoms with E-state index in [1.165, 1.54) is 6.42 Å². The van der Waals surface area contributed by atoms with Gasteiger partial charge in [0.15, 0.2) is 0 Å². The van der Waals surface area contributed by atoms with Gasteiger partial charge in [0.1, 0.15) is 5.84 Å². The number of carbonyl (C=O) groups excluding carboxylic acids is 1. The average Bonchev–Trinajstić information content (AvgIpc) is 2.43. The minimum absolute atomic E-state index is 0.0277. The normalized spacial score (nSPS) is 18.7. The molecule has 0 aromatic carbocycles. The smallest absolute Gasteiger partial charge is 0.223 e. The molecular weight excluding hydrogens is 232 g/mol. The molecule has 0 spiro atoms. The highest BCUT2D eigenvalue weighted by Gasteiger charge is 2.15. The number of oxime groups is 1. The topological polar surface area (TPSA) is 91.0 Å². The zero-order chi connectivity index (χ0) is 13.4. The molecule has 1 atom stereocenters. The maximum absolute atomic E-state index is 11.8. The van der Waals surface area contributed by atoms with Gasteiger partial charge < -0.3 is 21.2 Å².